The smallest absolute Gasteiger partial charge is 0.254 e. The lowest BCUT2D eigenvalue weighted by molar-refractivity contribution is 0.575. The van der Waals surface area contributed by atoms with Crippen LogP contribution in [0.15, 0.2) is 29.4 Å². The van der Waals surface area contributed by atoms with Crippen molar-refractivity contribution in [2.45, 2.75) is 30.7 Å². The molecular formula is C14H15N3O2S. The first-order valence-corrected chi connectivity index (χ1v) is 7.98. The molecule has 0 radical (unpaired) electrons. The van der Waals surface area contributed by atoms with E-state index in [1.54, 1.807) is 24.6 Å². The highest BCUT2D eigenvalue weighted by Crippen LogP contribution is 2.23. The van der Waals surface area contributed by atoms with Gasteiger partial charge in [0.25, 0.3) is 5.16 Å². The van der Waals surface area contributed by atoms with Crippen LogP contribution in [0.1, 0.15) is 30.8 Å². The number of aromatic nitrogens is 3. The van der Waals surface area contributed by atoms with E-state index in [0.717, 1.165) is 11.1 Å². The number of fused-ring (bicyclic) bond motifs is 2. The van der Waals surface area contributed by atoms with Crippen LogP contribution in [0.3, 0.4) is 0 Å². The summed E-state index contributed by atoms with van der Waals surface area (Å²) in [6.45, 7) is 3.29. The molecule has 0 bridgehead atoms. The molecule has 0 fully saturated rings. The molecule has 1 aliphatic rings. The Hall–Kier alpha value is -1.95. The first kappa shape index (κ1) is 13.1. The maximum atomic E-state index is 12.3. The topological polar surface area (TPSA) is 64.8 Å². The number of rotatable bonds is 2. The van der Waals surface area contributed by atoms with E-state index in [4.69, 9.17) is 0 Å². The molecule has 0 unspecified atom stereocenters. The lowest BCUT2D eigenvalue weighted by Crippen LogP contribution is -2.18. The molecule has 0 N–H and O–H groups in total. The summed E-state index contributed by atoms with van der Waals surface area (Å²) in [5.41, 5.74) is 2.19. The van der Waals surface area contributed by atoms with Crippen molar-refractivity contribution in [3.8, 4) is 0 Å². The number of sulfone groups is 1. The Bertz CT molecular complexity index is 789. The summed E-state index contributed by atoms with van der Waals surface area (Å²) in [4.78, 5) is 0. The third-order valence-electron chi connectivity index (χ3n) is 3.42. The van der Waals surface area contributed by atoms with Crippen LogP contribution < -0.4 is 0 Å². The van der Waals surface area contributed by atoms with Gasteiger partial charge in [0.1, 0.15) is 5.82 Å². The van der Waals surface area contributed by atoms with Gasteiger partial charge in [-0.15, -0.1) is 10.2 Å². The Morgan fingerprint density at radius 2 is 1.95 bits per heavy atom. The SMILES string of the molecule is CC(C)S(=O)(=O)c1nnc2n1C=Cc1ccccc1C2. The zero-order valence-electron chi connectivity index (χ0n) is 11.3. The quantitative estimate of drug-likeness (QED) is 0.723. The Morgan fingerprint density at radius 3 is 2.70 bits per heavy atom. The van der Waals surface area contributed by atoms with Crippen molar-refractivity contribution in [2.24, 2.45) is 0 Å². The van der Waals surface area contributed by atoms with Crippen molar-refractivity contribution in [2.75, 3.05) is 0 Å². The van der Waals surface area contributed by atoms with E-state index in [9.17, 15) is 8.42 Å². The lowest BCUT2D eigenvalue weighted by Gasteiger charge is -2.07. The maximum Gasteiger partial charge on any atom is 0.254 e. The van der Waals surface area contributed by atoms with Gasteiger partial charge < -0.3 is 0 Å². The number of benzene rings is 1. The average Bonchev–Trinajstić information content (AvgIpc) is 2.72. The largest absolute Gasteiger partial charge is 0.277 e. The predicted octanol–water partition coefficient (Wildman–Crippen LogP) is 1.99. The molecule has 2 heterocycles. The molecule has 0 saturated heterocycles. The van der Waals surface area contributed by atoms with Crippen LogP contribution in [0.5, 0.6) is 0 Å². The summed E-state index contributed by atoms with van der Waals surface area (Å²) in [5, 5.41) is 7.43. The van der Waals surface area contributed by atoms with Gasteiger partial charge >= 0.3 is 0 Å². The normalized spacial score (nSPS) is 13.9. The van der Waals surface area contributed by atoms with E-state index in [0.29, 0.717) is 12.2 Å². The minimum Gasteiger partial charge on any atom is -0.277 e. The molecule has 20 heavy (non-hydrogen) atoms. The van der Waals surface area contributed by atoms with Gasteiger partial charge in [-0.25, -0.2) is 8.42 Å². The molecule has 2 aromatic rings. The molecule has 0 saturated carbocycles. The first-order valence-electron chi connectivity index (χ1n) is 6.44. The summed E-state index contributed by atoms with van der Waals surface area (Å²) in [6, 6.07) is 7.94. The zero-order chi connectivity index (χ0) is 14.3. The van der Waals surface area contributed by atoms with Crippen LogP contribution in [-0.4, -0.2) is 28.4 Å². The fourth-order valence-corrected chi connectivity index (χ4v) is 3.18. The summed E-state index contributed by atoms with van der Waals surface area (Å²) in [6.07, 6.45) is 4.20. The van der Waals surface area contributed by atoms with Crippen LogP contribution in [0, 0.1) is 0 Å². The van der Waals surface area contributed by atoms with E-state index in [1.165, 1.54) is 0 Å². The van der Waals surface area contributed by atoms with E-state index < -0.39 is 15.1 Å². The van der Waals surface area contributed by atoms with Gasteiger partial charge in [-0.2, -0.15) is 0 Å². The number of hydrogen-bond acceptors (Lipinski definition) is 4. The van der Waals surface area contributed by atoms with Crippen LogP contribution in [0.2, 0.25) is 0 Å². The monoisotopic (exact) mass is 289 g/mol. The van der Waals surface area contributed by atoms with Gasteiger partial charge in [-0.05, 0) is 31.1 Å². The molecule has 0 aliphatic carbocycles. The predicted molar refractivity (Wildman–Crippen MR) is 76.8 cm³/mol. The van der Waals surface area contributed by atoms with Gasteiger partial charge in [0, 0.05) is 12.6 Å². The van der Waals surface area contributed by atoms with Crippen molar-refractivity contribution in [3.63, 3.8) is 0 Å². The fraction of sp³-hybridized carbons (Fsp3) is 0.286. The maximum absolute atomic E-state index is 12.3. The lowest BCUT2D eigenvalue weighted by atomic mass is 10.1. The molecule has 0 amide bonds. The zero-order valence-corrected chi connectivity index (χ0v) is 12.1. The summed E-state index contributed by atoms with van der Waals surface area (Å²) < 4.78 is 26.2. The number of hydrogen-bond donors (Lipinski definition) is 0. The third-order valence-corrected chi connectivity index (χ3v) is 5.45. The van der Waals surface area contributed by atoms with E-state index in [-0.39, 0.29) is 5.16 Å². The molecule has 1 aromatic carbocycles. The van der Waals surface area contributed by atoms with Gasteiger partial charge in [0.15, 0.2) is 0 Å². The van der Waals surface area contributed by atoms with Crippen molar-refractivity contribution in [3.05, 3.63) is 41.2 Å². The molecule has 0 spiro atoms. The standard InChI is InChI=1S/C14H15N3O2S/c1-10(2)20(18,19)14-16-15-13-9-12-6-4-3-5-11(12)7-8-17(13)14/h3-8,10H,9H2,1-2H3. The minimum absolute atomic E-state index is 0.0200. The Balaban J connectivity index is 2.15. The fourth-order valence-electron chi connectivity index (χ4n) is 2.17. The highest BCUT2D eigenvalue weighted by molar-refractivity contribution is 7.91. The molecule has 3 rings (SSSR count). The van der Waals surface area contributed by atoms with Gasteiger partial charge in [0.2, 0.25) is 9.84 Å². The molecule has 5 nitrogen and oxygen atoms in total. The molecule has 0 atom stereocenters. The average molecular weight is 289 g/mol. The Kier molecular flexibility index (Phi) is 2.97. The summed E-state index contributed by atoms with van der Waals surface area (Å²) in [5.74, 6) is 0.644. The third kappa shape index (κ3) is 1.96. The van der Waals surface area contributed by atoms with Crippen LogP contribution in [0.4, 0.5) is 0 Å². The van der Waals surface area contributed by atoms with E-state index in [2.05, 4.69) is 10.2 Å². The van der Waals surface area contributed by atoms with Crippen molar-refractivity contribution >= 4 is 22.1 Å². The van der Waals surface area contributed by atoms with Crippen LogP contribution in [0.25, 0.3) is 12.3 Å². The van der Waals surface area contributed by atoms with Crippen molar-refractivity contribution < 1.29 is 8.42 Å². The highest BCUT2D eigenvalue weighted by Gasteiger charge is 2.27. The summed E-state index contributed by atoms with van der Waals surface area (Å²) >= 11 is 0. The number of nitrogens with zero attached hydrogens (tertiary/aromatic N) is 3. The molecular weight excluding hydrogens is 274 g/mol. The molecule has 1 aliphatic heterocycles. The highest BCUT2D eigenvalue weighted by atomic mass is 32.2. The van der Waals surface area contributed by atoms with E-state index in [1.807, 2.05) is 30.3 Å². The second kappa shape index (κ2) is 4.56. The van der Waals surface area contributed by atoms with Crippen LogP contribution in [-0.2, 0) is 16.3 Å². The van der Waals surface area contributed by atoms with Gasteiger partial charge in [-0.3, -0.25) is 4.57 Å². The molecule has 6 heteroatoms. The van der Waals surface area contributed by atoms with Crippen LogP contribution >= 0.6 is 0 Å². The second-order valence-electron chi connectivity index (χ2n) is 5.05. The second-order valence-corrected chi connectivity index (χ2v) is 7.45. The van der Waals surface area contributed by atoms with E-state index >= 15 is 0 Å². The van der Waals surface area contributed by atoms with Crippen molar-refractivity contribution in [1.29, 1.82) is 0 Å². The van der Waals surface area contributed by atoms with Crippen molar-refractivity contribution in [1.82, 2.24) is 14.8 Å². The Morgan fingerprint density at radius 1 is 1.20 bits per heavy atom. The molecule has 1 aromatic heterocycles. The van der Waals surface area contributed by atoms with Gasteiger partial charge in [-0.1, -0.05) is 24.3 Å². The Labute approximate surface area is 117 Å². The molecule has 104 valence electrons. The summed E-state index contributed by atoms with van der Waals surface area (Å²) in [7, 11) is -3.44. The first-order chi connectivity index (χ1) is 9.50. The minimum atomic E-state index is -3.44. The van der Waals surface area contributed by atoms with Gasteiger partial charge in [0.05, 0.1) is 5.25 Å².